The lowest BCUT2D eigenvalue weighted by atomic mass is 10.1. The van der Waals surface area contributed by atoms with Crippen molar-refractivity contribution in [2.75, 3.05) is 52.9 Å². The summed E-state index contributed by atoms with van der Waals surface area (Å²) in [7, 11) is 1.98. The smallest absolute Gasteiger partial charge is 0.222 e. The Bertz CT molecular complexity index is 773. The van der Waals surface area contributed by atoms with Crippen molar-refractivity contribution in [1.82, 2.24) is 14.7 Å². The van der Waals surface area contributed by atoms with E-state index < -0.39 is 0 Å². The zero-order valence-electron chi connectivity index (χ0n) is 38.0. The van der Waals surface area contributed by atoms with Crippen molar-refractivity contribution in [1.29, 1.82) is 0 Å². The molecule has 0 saturated heterocycles. The highest BCUT2D eigenvalue weighted by atomic mass is 16.3. The first-order valence-corrected chi connectivity index (χ1v) is 24.8. The summed E-state index contributed by atoms with van der Waals surface area (Å²) in [6.45, 7) is 12.8. The molecule has 0 rings (SSSR count). The minimum Gasteiger partial charge on any atom is -0.395 e. The maximum Gasteiger partial charge on any atom is 0.222 e. The van der Waals surface area contributed by atoms with Crippen molar-refractivity contribution in [2.24, 2.45) is 0 Å². The van der Waals surface area contributed by atoms with E-state index >= 15 is 0 Å². The van der Waals surface area contributed by atoms with Crippen molar-refractivity contribution in [3.8, 4) is 0 Å². The minimum atomic E-state index is 0.227. The highest BCUT2D eigenvalue weighted by Gasteiger charge is 2.13. The summed E-state index contributed by atoms with van der Waals surface area (Å²) < 4.78 is 0. The molecule has 328 valence electrons. The van der Waals surface area contributed by atoms with Crippen molar-refractivity contribution in [2.45, 2.75) is 252 Å². The van der Waals surface area contributed by atoms with Gasteiger partial charge in [0.1, 0.15) is 0 Å². The number of hydrogen-bond donors (Lipinski definition) is 1. The maximum absolute atomic E-state index is 13.3. The Morgan fingerprint density at radius 2 is 0.636 bits per heavy atom. The largest absolute Gasteiger partial charge is 0.395 e. The van der Waals surface area contributed by atoms with E-state index in [9.17, 15) is 14.7 Å². The van der Waals surface area contributed by atoms with Gasteiger partial charge in [-0.2, -0.15) is 0 Å². The molecular formula is C49H99N3O3. The van der Waals surface area contributed by atoms with E-state index in [2.05, 4.69) is 30.6 Å². The fourth-order valence-corrected chi connectivity index (χ4v) is 7.95. The normalized spacial score (nSPS) is 11.5. The third-order valence-electron chi connectivity index (χ3n) is 11.8. The van der Waals surface area contributed by atoms with Gasteiger partial charge in [0.15, 0.2) is 0 Å². The van der Waals surface area contributed by atoms with Crippen LogP contribution in [0.25, 0.3) is 0 Å². The second kappa shape index (κ2) is 44.0. The molecule has 0 atom stereocenters. The van der Waals surface area contributed by atoms with Crippen LogP contribution in [-0.2, 0) is 9.59 Å². The fraction of sp³-hybridized carbons (Fsp3) is 0.959. The lowest BCUT2D eigenvalue weighted by molar-refractivity contribution is -0.131. The average molecular weight is 778 g/mol. The summed E-state index contributed by atoms with van der Waals surface area (Å²) in [5, 5.41) is 9.62. The topological polar surface area (TPSA) is 64.1 Å². The number of aliphatic hydroxyl groups is 1. The van der Waals surface area contributed by atoms with Crippen molar-refractivity contribution >= 4 is 11.8 Å². The van der Waals surface area contributed by atoms with Gasteiger partial charge >= 0.3 is 0 Å². The third kappa shape index (κ3) is 38.2. The maximum atomic E-state index is 13.3. The number of carbonyl (C=O) groups excluding carboxylic acids is 2. The third-order valence-corrected chi connectivity index (χ3v) is 11.8. The molecule has 1 N–H and O–H groups in total. The summed E-state index contributed by atoms with van der Waals surface area (Å²) in [5.41, 5.74) is 0. The number of amides is 2. The summed E-state index contributed by atoms with van der Waals surface area (Å²) in [5.74, 6) is 0.710. The standard InChI is InChI=1S/C49H99N3O3/c1-5-8-11-14-17-20-27-34-41-50(4)48(54)39-32-25-23-28-35-42-51(46-47-53)43-36-29-24-26-33-40-49(55)52(44-37-30-21-18-15-12-9-6-2)45-38-31-22-19-16-13-10-7-3/h53H,5-47H2,1-4H3. The lowest BCUT2D eigenvalue weighted by Crippen LogP contribution is -2.32. The summed E-state index contributed by atoms with van der Waals surface area (Å²) in [4.78, 5) is 32.4. The quantitative estimate of drug-likeness (QED) is 0.0626. The van der Waals surface area contributed by atoms with Gasteiger partial charge in [-0.15, -0.1) is 0 Å². The predicted molar refractivity (Wildman–Crippen MR) is 241 cm³/mol. The van der Waals surface area contributed by atoms with Gasteiger partial charge in [0.05, 0.1) is 6.61 Å². The Balaban J connectivity index is 4.11. The molecule has 0 unspecified atom stereocenters. The molecule has 0 bridgehead atoms. The van der Waals surface area contributed by atoms with Crippen LogP contribution in [0.5, 0.6) is 0 Å². The highest BCUT2D eigenvalue weighted by molar-refractivity contribution is 5.76. The summed E-state index contributed by atoms with van der Waals surface area (Å²) in [6.07, 6.45) is 44.4. The molecule has 0 aromatic heterocycles. The molecule has 6 heteroatoms. The Morgan fingerprint density at radius 1 is 0.345 bits per heavy atom. The zero-order chi connectivity index (χ0) is 40.3. The first-order chi connectivity index (χ1) is 27.0. The van der Waals surface area contributed by atoms with Crippen LogP contribution in [0.2, 0.25) is 0 Å². The zero-order valence-corrected chi connectivity index (χ0v) is 38.0. The molecule has 0 fully saturated rings. The van der Waals surface area contributed by atoms with Gasteiger partial charge in [-0.3, -0.25) is 9.59 Å². The minimum absolute atomic E-state index is 0.227. The molecule has 0 radical (unpaired) electrons. The number of unbranched alkanes of at least 4 members (excludes halogenated alkanes) is 29. The molecule has 0 aliphatic rings. The lowest BCUT2D eigenvalue weighted by Gasteiger charge is -2.23. The van der Waals surface area contributed by atoms with Crippen molar-refractivity contribution in [3.63, 3.8) is 0 Å². The fourth-order valence-electron chi connectivity index (χ4n) is 7.95. The second-order valence-corrected chi connectivity index (χ2v) is 17.2. The van der Waals surface area contributed by atoms with Gasteiger partial charge in [-0.25, -0.2) is 0 Å². The van der Waals surface area contributed by atoms with Gasteiger partial charge < -0.3 is 19.8 Å². The van der Waals surface area contributed by atoms with Crippen LogP contribution in [0, 0.1) is 0 Å². The monoisotopic (exact) mass is 778 g/mol. The first kappa shape index (κ1) is 53.9. The number of rotatable bonds is 45. The average Bonchev–Trinajstić information content (AvgIpc) is 3.18. The van der Waals surface area contributed by atoms with E-state index in [4.69, 9.17) is 0 Å². The van der Waals surface area contributed by atoms with E-state index in [0.29, 0.717) is 18.2 Å². The Kier molecular flexibility index (Phi) is 43.1. The van der Waals surface area contributed by atoms with E-state index in [1.807, 2.05) is 11.9 Å². The molecular weight excluding hydrogens is 679 g/mol. The van der Waals surface area contributed by atoms with E-state index in [1.165, 1.54) is 186 Å². The van der Waals surface area contributed by atoms with Gasteiger partial charge in [-0.1, -0.05) is 194 Å². The SMILES string of the molecule is CCCCCCCCCCN(C)C(=O)CCCCCCCN(CCO)CCCCCCCC(=O)N(CCCCCCCCCC)CCCCCCCCCC. The molecule has 0 aromatic rings. The van der Waals surface area contributed by atoms with E-state index in [0.717, 1.165) is 77.8 Å². The van der Waals surface area contributed by atoms with Gasteiger partial charge in [0.25, 0.3) is 0 Å². The van der Waals surface area contributed by atoms with Crippen LogP contribution < -0.4 is 0 Å². The number of carbonyl (C=O) groups is 2. The summed E-state index contributed by atoms with van der Waals surface area (Å²) >= 11 is 0. The number of aliphatic hydroxyl groups excluding tert-OH is 1. The van der Waals surface area contributed by atoms with E-state index in [1.54, 1.807) is 0 Å². The van der Waals surface area contributed by atoms with Crippen LogP contribution in [0.1, 0.15) is 252 Å². The molecule has 0 spiro atoms. The number of nitrogens with zero attached hydrogens (tertiary/aromatic N) is 3. The van der Waals surface area contributed by atoms with Crippen LogP contribution in [0.3, 0.4) is 0 Å². The van der Waals surface area contributed by atoms with Crippen LogP contribution >= 0.6 is 0 Å². The second-order valence-electron chi connectivity index (χ2n) is 17.2. The van der Waals surface area contributed by atoms with Crippen molar-refractivity contribution in [3.05, 3.63) is 0 Å². The Morgan fingerprint density at radius 3 is 1.00 bits per heavy atom. The molecule has 2 amide bonds. The van der Waals surface area contributed by atoms with Crippen LogP contribution in [-0.4, -0.2) is 84.5 Å². The Hall–Kier alpha value is -1.14. The van der Waals surface area contributed by atoms with Gasteiger partial charge in [-0.05, 0) is 58.0 Å². The first-order valence-electron chi connectivity index (χ1n) is 24.8. The summed E-state index contributed by atoms with van der Waals surface area (Å²) in [6, 6.07) is 0. The van der Waals surface area contributed by atoms with Gasteiger partial charge in [0.2, 0.25) is 11.8 Å². The Labute approximate surface area is 345 Å². The molecule has 0 aliphatic carbocycles. The highest BCUT2D eigenvalue weighted by Crippen LogP contribution is 2.15. The van der Waals surface area contributed by atoms with Gasteiger partial charge in [0, 0.05) is 46.1 Å². The molecule has 0 heterocycles. The van der Waals surface area contributed by atoms with Crippen LogP contribution in [0.15, 0.2) is 0 Å². The van der Waals surface area contributed by atoms with E-state index in [-0.39, 0.29) is 6.61 Å². The number of hydrogen-bond acceptors (Lipinski definition) is 4. The van der Waals surface area contributed by atoms with Crippen LogP contribution in [0.4, 0.5) is 0 Å². The molecule has 0 aromatic carbocycles. The molecule has 0 aliphatic heterocycles. The molecule has 55 heavy (non-hydrogen) atoms. The molecule has 0 saturated carbocycles. The molecule has 6 nitrogen and oxygen atoms in total. The predicted octanol–water partition coefficient (Wildman–Crippen LogP) is 13.7. The van der Waals surface area contributed by atoms with Crippen molar-refractivity contribution < 1.29 is 14.7 Å².